The van der Waals surface area contributed by atoms with Gasteiger partial charge in [0.1, 0.15) is 11.3 Å². The van der Waals surface area contributed by atoms with E-state index in [1.165, 1.54) is 23.5 Å². The van der Waals surface area contributed by atoms with Crippen molar-refractivity contribution in [1.29, 1.82) is 0 Å². The molecule has 7 nitrogen and oxygen atoms in total. The molecule has 174 valence electrons. The summed E-state index contributed by atoms with van der Waals surface area (Å²) in [6.07, 6.45) is 1.92. The first-order valence-electron chi connectivity index (χ1n) is 9.99. The van der Waals surface area contributed by atoms with Gasteiger partial charge in [-0.2, -0.15) is 0 Å². The van der Waals surface area contributed by atoms with E-state index in [1.807, 2.05) is 39.2 Å². The molecule has 1 heterocycles. The maximum Gasteiger partial charge on any atom is 0.260 e. The molecule has 0 spiro atoms. The van der Waals surface area contributed by atoms with E-state index in [4.69, 9.17) is 9.72 Å². The van der Waals surface area contributed by atoms with Gasteiger partial charge in [0, 0.05) is 18.4 Å². The number of rotatable bonds is 9. The fourth-order valence-electron chi connectivity index (χ4n) is 3.13. The summed E-state index contributed by atoms with van der Waals surface area (Å²) in [5.74, 6) is 0.483. The second kappa shape index (κ2) is 11.1. The van der Waals surface area contributed by atoms with E-state index in [1.54, 1.807) is 17.0 Å². The van der Waals surface area contributed by atoms with Crippen LogP contribution in [0.5, 0.6) is 5.75 Å². The minimum Gasteiger partial charge on any atom is -0.492 e. The summed E-state index contributed by atoms with van der Waals surface area (Å²) < 4.78 is 30.1. The lowest BCUT2D eigenvalue weighted by atomic mass is 10.2. The van der Waals surface area contributed by atoms with E-state index in [0.717, 1.165) is 29.4 Å². The molecule has 10 heteroatoms. The Morgan fingerprint density at radius 2 is 1.78 bits per heavy atom. The summed E-state index contributed by atoms with van der Waals surface area (Å²) in [4.78, 5) is 22.0. The largest absolute Gasteiger partial charge is 0.492 e. The summed E-state index contributed by atoms with van der Waals surface area (Å²) >= 11 is 1.44. The van der Waals surface area contributed by atoms with Gasteiger partial charge in [-0.15, -0.1) is 12.4 Å². The zero-order valence-electron chi connectivity index (χ0n) is 18.6. The Labute approximate surface area is 199 Å². The van der Waals surface area contributed by atoms with E-state index >= 15 is 0 Å². The third kappa shape index (κ3) is 6.19. The van der Waals surface area contributed by atoms with Crippen molar-refractivity contribution < 1.29 is 17.9 Å². The zero-order chi connectivity index (χ0) is 22.6. The number of benzene rings is 2. The van der Waals surface area contributed by atoms with Crippen molar-refractivity contribution in [2.24, 2.45) is 0 Å². The quantitative estimate of drug-likeness (QED) is 0.442. The summed E-state index contributed by atoms with van der Waals surface area (Å²) in [5, 5.41) is 0.595. The summed E-state index contributed by atoms with van der Waals surface area (Å²) in [6, 6.07) is 11.8. The van der Waals surface area contributed by atoms with Gasteiger partial charge >= 0.3 is 0 Å². The van der Waals surface area contributed by atoms with Crippen LogP contribution in [0.1, 0.15) is 23.7 Å². The lowest BCUT2D eigenvalue weighted by molar-refractivity contribution is 0.0986. The van der Waals surface area contributed by atoms with Crippen molar-refractivity contribution in [1.82, 2.24) is 9.88 Å². The molecule has 3 rings (SSSR count). The molecule has 0 bridgehead atoms. The van der Waals surface area contributed by atoms with Crippen LogP contribution in [0, 0.1) is 0 Å². The van der Waals surface area contributed by atoms with Gasteiger partial charge in [-0.3, -0.25) is 9.69 Å². The molecular weight excluding hydrogens is 470 g/mol. The molecule has 3 aromatic rings. The number of carbonyl (C=O) groups is 1. The third-order valence-corrected chi connectivity index (χ3v) is 6.84. The highest BCUT2D eigenvalue weighted by Crippen LogP contribution is 2.35. The van der Waals surface area contributed by atoms with Crippen molar-refractivity contribution in [2.75, 3.05) is 44.9 Å². The predicted molar refractivity (Wildman–Crippen MR) is 132 cm³/mol. The van der Waals surface area contributed by atoms with Crippen molar-refractivity contribution in [3.05, 3.63) is 48.0 Å². The number of fused-ring (bicyclic) bond motifs is 1. The second-order valence-electron chi connectivity index (χ2n) is 7.44. The first-order chi connectivity index (χ1) is 14.7. The number of thiazole rings is 1. The molecule has 0 aliphatic carbocycles. The van der Waals surface area contributed by atoms with Crippen LogP contribution >= 0.6 is 23.7 Å². The van der Waals surface area contributed by atoms with Crippen LogP contribution in [-0.2, 0) is 9.84 Å². The van der Waals surface area contributed by atoms with Gasteiger partial charge in [-0.25, -0.2) is 13.4 Å². The Balaban J connectivity index is 0.00000363. The Bertz CT molecular complexity index is 1160. The number of hydrogen-bond acceptors (Lipinski definition) is 7. The first-order valence-corrected chi connectivity index (χ1v) is 12.7. The molecule has 0 aliphatic heterocycles. The normalized spacial score (nSPS) is 11.4. The number of anilines is 1. The molecule has 1 amide bonds. The van der Waals surface area contributed by atoms with Gasteiger partial charge in [0.25, 0.3) is 5.91 Å². The lowest BCUT2D eigenvalue weighted by Crippen LogP contribution is -2.33. The second-order valence-corrected chi connectivity index (χ2v) is 10.5. The Morgan fingerprint density at radius 3 is 2.38 bits per heavy atom. The van der Waals surface area contributed by atoms with Crippen LogP contribution in [0.15, 0.2) is 47.4 Å². The SMILES string of the molecule is CCOc1cccc2sc(N(CCCN(C)C)C(=O)c3ccc(S(C)(=O)=O)cc3)nc12.Cl. The molecule has 0 aliphatic rings. The topological polar surface area (TPSA) is 79.8 Å². The molecule has 0 N–H and O–H groups in total. The highest BCUT2D eigenvalue weighted by molar-refractivity contribution is 7.90. The van der Waals surface area contributed by atoms with E-state index in [0.29, 0.717) is 29.6 Å². The maximum absolute atomic E-state index is 13.4. The smallest absolute Gasteiger partial charge is 0.260 e. The number of sulfone groups is 1. The molecule has 32 heavy (non-hydrogen) atoms. The number of hydrogen-bond donors (Lipinski definition) is 0. The predicted octanol–water partition coefficient (Wildman–Crippen LogP) is 4.12. The number of halogens is 1. The molecule has 2 aromatic carbocycles. The fraction of sp³-hybridized carbons (Fsp3) is 0.364. The standard InChI is InChI=1S/C22H27N3O4S2.ClH/c1-5-29-18-8-6-9-19-20(18)23-22(30-19)25(15-7-14-24(2)3)21(26)16-10-12-17(13-11-16)31(4,27)28;/h6,8-13H,5,7,14-15H2,1-4H3;1H. The van der Waals surface area contributed by atoms with Crippen LogP contribution in [-0.4, -0.2) is 64.3 Å². The van der Waals surface area contributed by atoms with Crippen LogP contribution in [0.2, 0.25) is 0 Å². The number of para-hydroxylation sites is 1. The van der Waals surface area contributed by atoms with Crippen molar-refractivity contribution in [2.45, 2.75) is 18.2 Å². The van der Waals surface area contributed by atoms with Gasteiger partial charge < -0.3 is 9.64 Å². The molecule has 0 unspecified atom stereocenters. The van der Waals surface area contributed by atoms with E-state index < -0.39 is 9.84 Å². The Hall–Kier alpha value is -2.20. The Kier molecular flexibility index (Phi) is 9.03. The molecule has 1 aromatic heterocycles. The van der Waals surface area contributed by atoms with Crippen molar-refractivity contribution in [3.63, 3.8) is 0 Å². The zero-order valence-corrected chi connectivity index (χ0v) is 21.0. The first kappa shape index (κ1) is 26.1. The minimum absolute atomic E-state index is 0. The van der Waals surface area contributed by atoms with Crippen LogP contribution in [0.3, 0.4) is 0 Å². The average Bonchev–Trinajstić information content (AvgIpc) is 3.15. The number of carbonyl (C=O) groups excluding carboxylic acids is 1. The molecular formula is C22H28ClN3O4S2. The van der Waals surface area contributed by atoms with Crippen molar-refractivity contribution >= 4 is 54.8 Å². The number of amides is 1. The highest BCUT2D eigenvalue weighted by atomic mass is 35.5. The average molecular weight is 498 g/mol. The number of nitrogens with zero attached hydrogens (tertiary/aromatic N) is 3. The highest BCUT2D eigenvalue weighted by Gasteiger charge is 2.22. The van der Waals surface area contributed by atoms with Gasteiger partial charge in [-0.05, 0) is 70.4 Å². The fourth-order valence-corrected chi connectivity index (χ4v) is 4.77. The van der Waals surface area contributed by atoms with Crippen LogP contribution in [0.25, 0.3) is 10.2 Å². The monoisotopic (exact) mass is 497 g/mol. The van der Waals surface area contributed by atoms with Gasteiger partial charge in [0.05, 0.1) is 16.2 Å². The maximum atomic E-state index is 13.4. The van der Waals surface area contributed by atoms with Gasteiger partial charge in [0.15, 0.2) is 15.0 Å². The van der Waals surface area contributed by atoms with Crippen LogP contribution < -0.4 is 9.64 Å². The molecule has 0 radical (unpaired) electrons. The summed E-state index contributed by atoms with van der Waals surface area (Å²) in [7, 11) is 0.653. The van der Waals surface area contributed by atoms with E-state index in [2.05, 4.69) is 4.90 Å². The molecule has 0 atom stereocenters. The van der Waals surface area contributed by atoms with Crippen molar-refractivity contribution in [3.8, 4) is 5.75 Å². The van der Waals surface area contributed by atoms with E-state index in [9.17, 15) is 13.2 Å². The molecule has 0 fully saturated rings. The minimum atomic E-state index is -3.32. The molecule has 0 saturated carbocycles. The number of aromatic nitrogens is 1. The molecule has 0 saturated heterocycles. The summed E-state index contributed by atoms with van der Waals surface area (Å²) in [5.41, 5.74) is 1.16. The van der Waals surface area contributed by atoms with Crippen LogP contribution in [0.4, 0.5) is 5.13 Å². The lowest BCUT2D eigenvalue weighted by Gasteiger charge is -2.21. The Morgan fingerprint density at radius 1 is 1.09 bits per heavy atom. The third-order valence-electron chi connectivity index (χ3n) is 4.66. The van der Waals surface area contributed by atoms with Gasteiger partial charge in [-0.1, -0.05) is 17.4 Å². The van der Waals surface area contributed by atoms with Gasteiger partial charge in [0.2, 0.25) is 0 Å². The van der Waals surface area contributed by atoms with E-state index in [-0.39, 0.29) is 23.2 Å². The number of ether oxygens (including phenoxy) is 1. The summed E-state index contributed by atoms with van der Waals surface area (Å²) in [6.45, 7) is 3.77.